The number of ether oxygens (including phenoxy) is 1. The van der Waals surface area contributed by atoms with Crippen molar-refractivity contribution in [3.05, 3.63) is 57.7 Å². The number of nitro groups is 1. The molecule has 0 bridgehead atoms. The molecule has 0 amide bonds. The first-order chi connectivity index (χ1) is 9.54. The number of hydrogen-bond acceptors (Lipinski definition) is 6. The van der Waals surface area contributed by atoms with Crippen LogP contribution in [0.1, 0.15) is 26.5 Å². The first-order valence-electron chi connectivity index (χ1n) is 5.45. The predicted octanol–water partition coefficient (Wildman–Crippen LogP) is 1.34. The van der Waals surface area contributed by atoms with Crippen LogP contribution < -0.4 is 0 Å². The van der Waals surface area contributed by atoms with Gasteiger partial charge in [-0.05, 0) is 6.07 Å². The maximum atomic E-state index is 12.2. The van der Waals surface area contributed by atoms with Gasteiger partial charge < -0.3 is 9.72 Å². The van der Waals surface area contributed by atoms with Crippen LogP contribution in [0.25, 0.3) is 0 Å². The van der Waals surface area contributed by atoms with Crippen molar-refractivity contribution in [1.82, 2.24) is 9.97 Å². The number of nitrogens with zero attached hydrogens (tertiary/aromatic N) is 2. The molecule has 1 aromatic carbocycles. The third-order valence-corrected chi connectivity index (χ3v) is 2.58. The molecule has 0 atom stereocenters. The predicted molar refractivity (Wildman–Crippen MR) is 66.5 cm³/mol. The number of aromatic amines is 1. The number of nitrogens with one attached hydrogen (secondary N) is 1. The fourth-order valence-electron chi connectivity index (χ4n) is 1.64. The van der Waals surface area contributed by atoms with Crippen molar-refractivity contribution in [2.75, 3.05) is 7.11 Å². The van der Waals surface area contributed by atoms with Crippen LogP contribution in [-0.4, -0.2) is 33.8 Å². The zero-order chi connectivity index (χ0) is 14.7. The second-order valence-corrected chi connectivity index (χ2v) is 3.75. The largest absolute Gasteiger partial charge is 0.465 e. The summed E-state index contributed by atoms with van der Waals surface area (Å²) in [7, 11) is 1.13. The summed E-state index contributed by atoms with van der Waals surface area (Å²) in [5.74, 6) is -1.35. The molecule has 1 heterocycles. The molecule has 2 rings (SSSR count). The summed E-state index contributed by atoms with van der Waals surface area (Å²) in [6, 6.07) is 3.35. The molecule has 0 aliphatic carbocycles. The molecule has 0 saturated heterocycles. The van der Waals surface area contributed by atoms with Crippen LogP contribution in [0.15, 0.2) is 30.6 Å². The molecule has 0 aliphatic rings. The van der Waals surface area contributed by atoms with Crippen molar-refractivity contribution in [1.29, 1.82) is 0 Å². The van der Waals surface area contributed by atoms with E-state index in [1.54, 1.807) is 0 Å². The lowest BCUT2D eigenvalue weighted by Gasteiger charge is -2.05. The molecule has 0 radical (unpaired) electrons. The van der Waals surface area contributed by atoms with Gasteiger partial charge in [0.15, 0.2) is 5.82 Å². The van der Waals surface area contributed by atoms with Crippen LogP contribution in [0.5, 0.6) is 0 Å². The van der Waals surface area contributed by atoms with E-state index in [1.807, 2.05) is 0 Å². The summed E-state index contributed by atoms with van der Waals surface area (Å²) in [4.78, 5) is 40.3. The Hall–Kier alpha value is -3.03. The summed E-state index contributed by atoms with van der Waals surface area (Å²) < 4.78 is 4.53. The third kappa shape index (κ3) is 2.39. The fraction of sp³-hybridized carbons (Fsp3) is 0.0833. The van der Waals surface area contributed by atoms with Crippen molar-refractivity contribution in [3.8, 4) is 0 Å². The molecule has 20 heavy (non-hydrogen) atoms. The Morgan fingerprint density at radius 3 is 2.65 bits per heavy atom. The Labute approximate surface area is 112 Å². The average molecular weight is 275 g/mol. The summed E-state index contributed by atoms with van der Waals surface area (Å²) in [6.45, 7) is 0. The number of ketones is 1. The Kier molecular flexibility index (Phi) is 3.56. The van der Waals surface area contributed by atoms with Gasteiger partial charge in [-0.1, -0.05) is 0 Å². The molecule has 1 aromatic heterocycles. The van der Waals surface area contributed by atoms with Crippen LogP contribution in [-0.2, 0) is 4.74 Å². The number of imidazole rings is 1. The molecule has 102 valence electrons. The first-order valence-corrected chi connectivity index (χ1v) is 5.45. The number of benzene rings is 1. The molecular formula is C12H9N3O5. The lowest BCUT2D eigenvalue weighted by atomic mass is 10.0. The molecule has 0 spiro atoms. The third-order valence-electron chi connectivity index (χ3n) is 2.58. The van der Waals surface area contributed by atoms with Gasteiger partial charge >= 0.3 is 5.97 Å². The number of carbonyl (C=O) groups is 2. The van der Waals surface area contributed by atoms with E-state index in [9.17, 15) is 19.7 Å². The highest BCUT2D eigenvalue weighted by atomic mass is 16.6. The zero-order valence-corrected chi connectivity index (χ0v) is 10.3. The van der Waals surface area contributed by atoms with Gasteiger partial charge in [0.2, 0.25) is 5.78 Å². The van der Waals surface area contributed by atoms with E-state index >= 15 is 0 Å². The molecule has 8 nitrogen and oxygen atoms in total. The van der Waals surface area contributed by atoms with Crippen LogP contribution in [0, 0.1) is 10.1 Å². The van der Waals surface area contributed by atoms with Crippen molar-refractivity contribution < 1.29 is 19.2 Å². The number of esters is 1. The average Bonchev–Trinajstić information content (AvgIpc) is 2.99. The summed E-state index contributed by atoms with van der Waals surface area (Å²) in [5, 5.41) is 10.7. The fourth-order valence-corrected chi connectivity index (χ4v) is 1.64. The number of carbonyl (C=O) groups excluding carboxylic acids is 2. The molecule has 0 aliphatic heterocycles. The van der Waals surface area contributed by atoms with E-state index in [1.165, 1.54) is 18.5 Å². The van der Waals surface area contributed by atoms with Crippen molar-refractivity contribution >= 4 is 17.4 Å². The van der Waals surface area contributed by atoms with Crippen LogP contribution >= 0.6 is 0 Å². The van der Waals surface area contributed by atoms with Gasteiger partial charge in [0.25, 0.3) is 5.69 Å². The van der Waals surface area contributed by atoms with E-state index in [4.69, 9.17) is 0 Å². The Bertz CT molecular complexity index is 678. The number of rotatable bonds is 4. The van der Waals surface area contributed by atoms with Gasteiger partial charge in [0.1, 0.15) is 0 Å². The van der Waals surface area contributed by atoms with Gasteiger partial charge in [-0.3, -0.25) is 14.9 Å². The molecular weight excluding hydrogens is 266 g/mol. The zero-order valence-electron chi connectivity index (χ0n) is 10.3. The topological polar surface area (TPSA) is 115 Å². The molecule has 2 aromatic rings. The first kappa shape index (κ1) is 13.4. The minimum absolute atomic E-state index is 0.0163. The van der Waals surface area contributed by atoms with E-state index < -0.39 is 16.7 Å². The van der Waals surface area contributed by atoms with E-state index in [-0.39, 0.29) is 22.6 Å². The van der Waals surface area contributed by atoms with Crippen LogP contribution in [0.4, 0.5) is 5.69 Å². The number of hydrogen-bond donors (Lipinski definition) is 1. The lowest BCUT2D eigenvalue weighted by molar-refractivity contribution is -0.384. The standard InChI is InChI=1S/C12H9N3O5/c1-20-12(17)9-6-7(15(18)19)2-3-8(9)10(16)11-13-4-5-14-11/h2-6H,1H3,(H,13,14). The smallest absolute Gasteiger partial charge is 0.338 e. The minimum atomic E-state index is -0.830. The second kappa shape index (κ2) is 5.31. The second-order valence-electron chi connectivity index (χ2n) is 3.75. The number of aromatic nitrogens is 2. The van der Waals surface area contributed by atoms with Crippen molar-refractivity contribution in [3.63, 3.8) is 0 Å². The summed E-state index contributed by atoms with van der Waals surface area (Å²) >= 11 is 0. The quantitative estimate of drug-likeness (QED) is 0.389. The molecule has 0 fully saturated rings. The SMILES string of the molecule is COC(=O)c1cc([N+](=O)[O-])ccc1C(=O)c1ncc[nH]1. The maximum Gasteiger partial charge on any atom is 0.338 e. The molecule has 0 unspecified atom stereocenters. The highest BCUT2D eigenvalue weighted by molar-refractivity contribution is 6.13. The summed E-state index contributed by atoms with van der Waals surface area (Å²) in [5.41, 5.74) is -0.498. The van der Waals surface area contributed by atoms with Crippen LogP contribution in [0.2, 0.25) is 0 Å². The lowest BCUT2D eigenvalue weighted by Crippen LogP contribution is -2.13. The van der Waals surface area contributed by atoms with Gasteiger partial charge in [-0.15, -0.1) is 0 Å². The maximum absolute atomic E-state index is 12.2. The number of non-ortho nitro benzene ring substituents is 1. The van der Waals surface area contributed by atoms with E-state index in [2.05, 4.69) is 14.7 Å². The highest BCUT2D eigenvalue weighted by Gasteiger charge is 2.23. The van der Waals surface area contributed by atoms with Gasteiger partial charge in [0, 0.05) is 30.1 Å². The number of H-pyrrole nitrogens is 1. The van der Waals surface area contributed by atoms with Gasteiger partial charge in [-0.25, -0.2) is 9.78 Å². The summed E-state index contributed by atoms with van der Waals surface area (Å²) in [6.07, 6.45) is 2.84. The van der Waals surface area contributed by atoms with Crippen molar-refractivity contribution in [2.45, 2.75) is 0 Å². The van der Waals surface area contributed by atoms with E-state index in [0.29, 0.717) is 0 Å². The number of nitro benzene ring substituents is 1. The van der Waals surface area contributed by atoms with Gasteiger partial charge in [0.05, 0.1) is 17.6 Å². The van der Waals surface area contributed by atoms with Gasteiger partial charge in [-0.2, -0.15) is 0 Å². The molecule has 0 saturated carbocycles. The molecule has 1 N–H and O–H groups in total. The Morgan fingerprint density at radius 2 is 2.10 bits per heavy atom. The molecule has 8 heteroatoms. The van der Waals surface area contributed by atoms with Crippen molar-refractivity contribution in [2.24, 2.45) is 0 Å². The monoisotopic (exact) mass is 275 g/mol. The number of methoxy groups -OCH3 is 1. The Balaban J connectivity index is 2.55. The minimum Gasteiger partial charge on any atom is -0.465 e. The Morgan fingerprint density at radius 1 is 1.35 bits per heavy atom. The normalized spacial score (nSPS) is 10.1. The van der Waals surface area contributed by atoms with E-state index in [0.717, 1.165) is 19.2 Å². The highest BCUT2D eigenvalue weighted by Crippen LogP contribution is 2.20. The van der Waals surface area contributed by atoms with Crippen LogP contribution in [0.3, 0.4) is 0 Å².